The van der Waals surface area contributed by atoms with Crippen molar-refractivity contribution in [2.24, 2.45) is 0 Å². The minimum atomic E-state index is 0.328. The standard InChI is InChI=1S/C48H31NOS/c1-2-8-38-31(7-1)13-14-32-15-16-34-27-33(19-24-39(34)48(32)38)30-17-20-35(21-18-30)49(36-23-26-47-43(28-36)42-10-4-6-12-46(42)51-47)37-22-25-41-40-9-3-5-11-44(40)50-45(41)29-37/h1-29,43,47H. The molecule has 2 atom stereocenters. The molecule has 1 aliphatic carbocycles. The van der Waals surface area contributed by atoms with Gasteiger partial charge in [-0.3, -0.25) is 0 Å². The van der Waals surface area contributed by atoms with Crippen LogP contribution in [-0.4, -0.2) is 5.25 Å². The SMILES string of the molecule is C1=CC2Sc3ccccc3C2C=C1N(c1ccc(-c2ccc3c(ccc4ccc5ccccc5c43)c2)cc1)c1ccc2c(c1)oc1ccccc12. The van der Waals surface area contributed by atoms with Crippen molar-refractivity contribution in [2.75, 3.05) is 4.90 Å². The average Bonchev–Trinajstić information content (AvgIpc) is 3.75. The van der Waals surface area contributed by atoms with Crippen molar-refractivity contribution >= 4 is 77.4 Å². The van der Waals surface area contributed by atoms with Gasteiger partial charge in [-0.05, 0) is 97.5 Å². The maximum atomic E-state index is 6.38. The Morgan fingerprint density at radius 2 is 1.20 bits per heavy atom. The molecule has 8 aromatic carbocycles. The van der Waals surface area contributed by atoms with Crippen LogP contribution in [0, 0.1) is 0 Å². The van der Waals surface area contributed by atoms with E-state index in [1.165, 1.54) is 59.6 Å². The quantitative estimate of drug-likeness (QED) is 0.174. The average molecular weight is 670 g/mol. The van der Waals surface area contributed by atoms with Crippen molar-refractivity contribution in [3.05, 3.63) is 187 Å². The Morgan fingerprint density at radius 3 is 2.12 bits per heavy atom. The molecule has 0 amide bonds. The number of hydrogen-bond acceptors (Lipinski definition) is 3. The highest BCUT2D eigenvalue weighted by Crippen LogP contribution is 2.50. The van der Waals surface area contributed by atoms with Crippen LogP contribution >= 0.6 is 11.8 Å². The van der Waals surface area contributed by atoms with Gasteiger partial charge in [-0.15, -0.1) is 11.8 Å². The number of benzene rings is 8. The zero-order valence-corrected chi connectivity index (χ0v) is 28.5. The van der Waals surface area contributed by atoms with Gasteiger partial charge in [-0.2, -0.15) is 0 Å². The van der Waals surface area contributed by atoms with Crippen LogP contribution in [0.4, 0.5) is 11.4 Å². The highest BCUT2D eigenvalue weighted by molar-refractivity contribution is 8.00. The van der Waals surface area contributed by atoms with E-state index in [9.17, 15) is 0 Å². The summed E-state index contributed by atoms with van der Waals surface area (Å²) in [6, 6.07) is 57.4. The molecule has 1 aliphatic heterocycles. The van der Waals surface area contributed by atoms with E-state index in [0.29, 0.717) is 11.2 Å². The number of para-hydroxylation sites is 1. The van der Waals surface area contributed by atoms with Gasteiger partial charge in [0, 0.05) is 50.0 Å². The molecule has 11 rings (SSSR count). The summed E-state index contributed by atoms with van der Waals surface area (Å²) < 4.78 is 6.38. The summed E-state index contributed by atoms with van der Waals surface area (Å²) >= 11 is 1.97. The van der Waals surface area contributed by atoms with E-state index in [0.717, 1.165) is 33.3 Å². The summed E-state index contributed by atoms with van der Waals surface area (Å²) in [5.41, 5.74) is 8.98. The largest absolute Gasteiger partial charge is 0.456 e. The molecule has 9 aromatic rings. The first-order chi connectivity index (χ1) is 25.2. The lowest BCUT2D eigenvalue weighted by molar-refractivity contribution is 0.669. The number of allylic oxidation sites excluding steroid dienone is 2. The van der Waals surface area contributed by atoms with Gasteiger partial charge in [0.05, 0.1) is 0 Å². The highest BCUT2D eigenvalue weighted by atomic mass is 32.2. The van der Waals surface area contributed by atoms with E-state index in [-0.39, 0.29) is 0 Å². The van der Waals surface area contributed by atoms with E-state index >= 15 is 0 Å². The van der Waals surface area contributed by atoms with Crippen LogP contribution in [0.1, 0.15) is 11.5 Å². The molecule has 240 valence electrons. The van der Waals surface area contributed by atoms with Crippen LogP contribution in [0.25, 0.3) is 65.4 Å². The van der Waals surface area contributed by atoms with Gasteiger partial charge in [0.15, 0.2) is 0 Å². The summed E-state index contributed by atoms with van der Waals surface area (Å²) in [4.78, 5) is 3.76. The number of nitrogens with zero attached hydrogens (tertiary/aromatic N) is 1. The lowest BCUT2D eigenvalue weighted by atomic mass is 9.91. The van der Waals surface area contributed by atoms with E-state index in [1.54, 1.807) is 0 Å². The van der Waals surface area contributed by atoms with Gasteiger partial charge in [0.25, 0.3) is 0 Å². The molecule has 2 unspecified atom stereocenters. The molecule has 0 bridgehead atoms. The van der Waals surface area contributed by atoms with Gasteiger partial charge in [-0.25, -0.2) is 0 Å². The van der Waals surface area contributed by atoms with Crippen molar-refractivity contribution < 1.29 is 4.42 Å². The smallest absolute Gasteiger partial charge is 0.137 e. The van der Waals surface area contributed by atoms with E-state index in [2.05, 4.69) is 169 Å². The van der Waals surface area contributed by atoms with Gasteiger partial charge in [0.1, 0.15) is 11.2 Å². The normalized spacial score (nSPS) is 16.6. The monoisotopic (exact) mass is 669 g/mol. The predicted molar refractivity (Wildman–Crippen MR) is 216 cm³/mol. The molecule has 0 fully saturated rings. The molecule has 1 aromatic heterocycles. The predicted octanol–water partition coefficient (Wildman–Crippen LogP) is 13.6. The van der Waals surface area contributed by atoms with Gasteiger partial charge in [0.2, 0.25) is 0 Å². The molecule has 2 aliphatic rings. The maximum absolute atomic E-state index is 6.38. The van der Waals surface area contributed by atoms with Crippen molar-refractivity contribution in [3.8, 4) is 11.1 Å². The fraction of sp³-hybridized carbons (Fsp3) is 0.0417. The fourth-order valence-electron chi connectivity index (χ4n) is 8.30. The number of rotatable bonds is 4. The molecule has 0 spiro atoms. The van der Waals surface area contributed by atoms with Crippen LogP contribution in [0.3, 0.4) is 0 Å². The fourth-order valence-corrected chi connectivity index (χ4v) is 9.62. The van der Waals surface area contributed by atoms with Gasteiger partial charge >= 0.3 is 0 Å². The van der Waals surface area contributed by atoms with Gasteiger partial charge in [-0.1, -0.05) is 121 Å². The van der Waals surface area contributed by atoms with Crippen molar-refractivity contribution in [1.82, 2.24) is 0 Å². The van der Waals surface area contributed by atoms with Crippen molar-refractivity contribution in [2.45, 2.75) is 16.1 Å². The second-order valence-electron chi connectivity index (χ2n) is 13.6. The summed E-state index contributed by atoms with van der Waals surface area (Å²) in [5.74, 6) is 0.328. The molecular weight excluding hydrogens is 639 g/mol. The van der Waals surface area contributed by atoms with Crippen LogP contribution in [-0.2, 0) is 0 Å². The summed E-state index contributed by atoms with van der Waals surface area (Å²) in [5, 5.41) is 10.4. The third-order valence-corrected chi connectivity index (χ3v) is 12.1. The summed E-state index contributed by atoms with van der Waals surface area (Å²) in [7, 11) is 0. The van der Waals surface area contributed by atoms with Crippen molar-refractivity contribution in [1.29, 1.82) is 0 Å². The first kappa shape index (κ1) is 28.8. The highest BCUT2D eigenvalue weighted by Gasteiger charge is 2.33. The number of hydrogen-bond donors (Lipinski definition) is 0. The zero-order valence-electron chi connectivity index (χ0n) is 27.7. The third kappa shape index (κ3) is 4.59. The molecule has 0 N–H and O–H groups in total. The molecule has 3 heteroatoms. The van der Waals surface area contributed by atoms with Crippen LogP contribution in [0.15, 0.2) is 191 Å². The Kier molecular flexibility index (Phi) is 6.34. The Hall–Kier alpha value is -6.03. The van der Waals surface area contributed by atoms with Gasteiger partial charge < -0.3 is 9.32 Å². The molecular formula is C48H31NOS. The van der Waals surface area contributed by atoms with Crippen molar-refractivity contribution in [3.63, 3.8) is 0 Å². The number of furan rings is 1. The molecule has 2 nitrogen and oxygen atoms in total. The summed E-state index contributed by atoms with van der Waals surface area (Å²) in [6.45, 7) is 0. The minimum Gasteiger partial charge on any atom is -0.456 e. The van der Waals surface area contributed by atoms with E-state index in [1.807, 2.05) is 23.9 Å². The Labute approximate surface area is 299 Å². The molecule has 0 saturated heterocycles. The second-order valence-corrected chi connectivity index (χ2v) is 14.9. The molecule has 0 radical (unpaired) electrons. The summed E-state index contributed by atoms with van der Waals surface area (Å²) in [6.07, 6.45) is 7.14. The van der Waals surface area contributed by atoms with Crippen LogP contribution in [0.5, 0.6) is 0 Å². The number of thioether (sulfide) groups is 1. The molecule has 0 saturated carbocycles. The molecule has 2 heterocycles. The lowest BCUT2D eigenvalue weighted by Gasteiger charge is -2.30. The number of fused-ring (bicyclic) bond motifs is 11. The number of anilines is 2. The first-order valence-electron chi connectivity index (χ1n) is 17.6. The van der Waals surface area contributed by atoms with Crippen LogP contribution < -0.4 is 4.90 Å². The second kappa shape index (κ2) is 11.2. The Bertz CT molecular complexity index is 2910. The Balaban J connectivity index is 1.02. The van der Waals surface area contributed by atoms with Crippen LogP contribution in [0.2, 0.25) is 0 Å². The zero-order chi connectivity index (χ0) is 33.5. The lowest BCUT2D eigenvalue weighted by Crippen LogP contribution is -2.20. The maximum Gasteiger partial charge on any atom is 0.137 e. The van der Waals surface area contributed by atoms with E-state index in [4.69, 9.17) is 4.42 Å². The van der Waals surface area contributed by atoms with E-state index < -0.39 is 0 Å². The topological polar surface area (TPSA) is 16.4 Å². The first-order valence-corrected chi connectivity index (χ1v) is 18.4. The Morgan fingerprint density at radius 1 is 0.510 bits per heavy atom. The molecule has 51 heavy (non-hydrogen) atoms. The third-order valence-electron chi connectivity index (χ3n) is 10.8. The minimum absolute atomic E-state index is 0.328.